The first-order valence-corrected chi connectivity index (χ1v) is 5.51. The highest BCUT2D eigenvalue weighted by atomic mass is 16.4. The summed E-state index contributed by atoms with van der Waals surface area (Å²) in [6.07, 6.45) is 5.20. The average molecular weight is 240 g/mol. The molecule has 6 heteroatoms. The first-order chi connectivity index (χ1) is 7.97. The van der Waals surface area contributed by atoms with Crippen LogP contribution in [0.3, 0.4) is 0 Å². The Hall–Kier alpha value is -1.85. The second-order valence-electron chi connectivity index (χ2n) is 4.10. The number of aliphatic carboxylic acids is 1. The van der Waals surface area contributed by atoms with E-state index in [0.29, 0.717) is 6.08 Å². The Morgan fingerprint density at radius 1 is 1.29 bits per heavy atom. The summed E-state index contributed by atoms with van der Waals surface area (Å²) in [7, 11) is 0. The molecule has 3 N–H and O–H groups in total. The maximum atomic E-state index is 11.4. The van der Waals surface area contributed by atoms with Gasteiger partial charge in [0.05, 0.1) is 0 Å². The van der Waals surface area contributed by atoms with Gasteiger partial charge in [-0.3, -0.25) is 10.1 Å². The van der Waals surface area contributed by atoms with E-state index in [-0.39, 0.29) is 5.54 Å². The zero-order chi connectivity index (χ0) is 12.9. The number of rotatable bonds is 4. The van der Waals surface area contributed by atoms with Crippen LogP contribution in [0.2, 0.25) is 0 Å². The fraction of sp³-hybridized carbons (Fsp3) is 0.545. The molecule has 0 radical (unpaired) electrons. The van der Waals surface area contributed by atoms with E-state index in [9.17, 15) is 14.4 Å². The number of carboxylic acid groups (broad SMARTS) is 1. The van der Waals surface area contributed by atoms with Gasteiger partial charge in [0.1, 0.15) is 0 Å². The number of carbonyl (C=O) groups is 3. The quantitative estimate of drug-likeness (QED) is 0.633. The van der Waals surface area contributed by atoms with Gasteiger partial charge in [-0.05, 0) is 25.7 Å². The highest BCUT2D eigenvalue weighted by Gasteiger charge is 2.36. The van der Waals surface area contributed by atoms with Gasteiger partial charge in [0.15, 0.2) is 0 Å². The fourth-order valence-electron chi connectivity index (χ4n) is 1.74. The van der Waals surface area contributed by atoms with E-state index in [4.69, 9.17) is 5.11 Å². The molecule has 0 bridgehead atoms. The molecule has 1 fully saturated rings. The van der Waals surface area contributed by atoms with Crippen LogP contribution >= 0.6 is 0 Å². The Kier molecular flexibility index (Phi) is 4.25. The van der Waals surface area contributed by atoms with Gasteiger partial charge in [-0.1, -0.05) is 6.92 Å². The molecule has 0 spiro atoms. The van der Waals surface area contributed by atoms with Gasteiger partial charge in [-0.25, -0.2) is 9.59 Å². The lowest BCUT2D eigenvalue weighted by Crippen LogP contribution is -2.56. The van der Waals surface area contributed by atoms with Crippen molar-refractivity contribution in [1.82, 2.24) is 10.6 Å². The highest BCUT2D eigenvalue weighted by molar-refractivity contribution is 6.02. The minimum atomic E-state index is -1.23. The molecule has 0 saturated heterocycles. The highest BCUT2D eigenvalue weighted by Crippen LogP contribution is 2.34. The molecule has 0 aliphatic heterocycles. The first-order valence-electron chi connectivity index (χ1n) is 5.51. The summed E-state index contributed by atoms with van der Waals surface area (Å²) >= 11 is 0. The standard InChI is InChI=1S/C11H16N2O4/c1-2-11(6-3-7-11)13-10(17)12-8(14)4-5-9(15)16/h4-5H,2-3,6-7H2,1H3,(H,15,16)(H2,12,13,14,17)/b5-4+. The van der Waals surface area contributed by atoms with Crippen molar-refractivity contribution < 1.29 is 19.5 Å². The van der Waals surface area contributed by atoms with Gasteiger partial charge >= 0.3 is 12.0 Å². The molecule has 1 rings (SSSR count). The van der Waals surface area contributed by atoms with Crippen molar-refractivity contribution in [3.05, 3.63) is 12.2 Å². The van der Waals surface area contributed by atoms with Gasteiger partial charge in [0.25, 0.3) is 5.91 Å². The Morgan fingerprint density at radius 3 is 2.35 bits per heavy atom. The van der Waals surface area contributed by atoms with E-state index in [1.165, 1.54) is 0 Å². The van der Waals surface area contributed by atoms with E-state index >= 15 is 0 Å². The minimum Gasteiger partial charge on any atom is -0.478 e. The monoisotopic (exact) mass is 240 g/mol. The number of nitrogens with one attached hydrogen (secondary N) is 2. The molecular formula is C11H16N2O4. The molecule has 6 nitrogen and oxygen atoms in total. The van der Waals surface area contributed by atoms with Crippen LogP contribution in [0.1, 0.15) is 32.6 Å². The van der Waals surface area contributed by atoms with Crippen molar-refractivity contribution in [3.63, 3.8) is 0 Å². The lowest BCUT2D eigenvalue weighted by molar-refractivity contribution is -0.131. The molecule has 94 valence electrons. The van der Waals surface area contributed by atoms with Crippen LogP contribution in [-0.2, 0) is 9.59 Å². The van der Waals surface area contributed by atoms with E-state index in [1.807, 2.05) is 6.92 Å². The maximum absolute atomic E-state index is 11.4. The number of hydrogen-bond donors (Lipinski definition) is 3. The van der Waals surface area contributed by atoms with Crippen molar-refractivity contribution in [2.45, 2.75) is 38.1 Å². The van der Waals surface area contributed by atoms with Crippen LogP contribution in [0, 0.1) is 0 Å². The smallest absolute Gasteiger partial charge is 0.328 e. The molecule has 3 amide bonds. The SMILES string of the molecule is CCC1(NC(=O)NC(=O)/C=C/C(=O)O)CCC1. The molecule has 0 aromatic carbocycles. The second-order valence-corrected chi connectivity index (χ2v) is 4.10. The summed E-state index contributed by atoms with van der Waals surface area (Å²) in [6, 6.07) is -0.577. The van der Waals surface area contributed by atoms with Crippen LogP contribution in [-0.4, -0.2) is 28.6 Å². The molecule has 17 heavy (non-hydrogen) atoms. The Morgan fingerprint density at radius 2 is 1.94 bits per heavy atom. The van der Waals surface area contributed by atoms with Crippen molar-refractivity contribution in [3.8, 4) is 0 Å². The maximum Gasteiger partial charge on any atom is 0.328 e. The molecule has 0 aromatic heterocycles. The summed E-state index contributed by atoms with van der Waals surface area (Å²) < 4.78 is 0. The van der Waals surface area contributed by atoms with Gasteiger partial charge in [-0.2, -0.15) is 0 Å². The van der Waals surface area contributed by atoms with Gasteiger partial charge in [0, 0.05) is 17.7 Å². The summed E-state index contributed by atoms with van der Waals surface area (Å²) in [4.78, 5) is 32.7. The van der Waals surface area contributed by atoms with Crippen LogP contribution in [0.25, 0.3) is 0 Å². The lowest BCUT2D eigenvalue weighted by atomic mass is 9.75. The van der Waals surface area contributed by atoms with E-state index in [0.717, 1.165) is 31.8 Å². The molecular weight excluding hydrogens is 224 g/mol. The third-order valence-corrected chi connectivity index (χ3v) is 2.98. The summed E-state index contributed by atoms with van der Waals surface area (Å²) in [5.74, 6) is -1.97. The summed E-state index contributed by atoms with van der Waals surface area (Å²) in [5.41, 5.74) is -0.194. The van der Waals surface area contributed by atoms with Gasteiger partial charge in [0.2, 0.25) is 0 Å². The van der Waals surface area contributed by atoms with Crippen LogP contribution in [0.15, 0.2) is 12.2 Å². The van der Waals surface area contributed by atoms with Crippen LogP contribution < -0.4 is 10.6 Å². The topological polar surface area (TPSA) is 95.5 Å². The number of urea groups is 1. The Bertz CT molecular complexity index is 353. The number of carboxylic acids is 1. The second kappa shape index (κ2) is 5.47. The Labute approximate surface area is 99.1 Å². The number of amides is 3. The predicted octanol–water partition coefficient (Wildman–Crippen LogP) is 0.786. The zero-order valence-electron chi connectivity index (χ0n) is 9.66. The zero-order valence-corrected chi connectivity index (χ0v) is 9.66. The molecule has 0 unspecified atom stereocenters. The molecule has 1 aliphatic carbocycles. The third-order valence-electron chi connectivity index (χ3n) is 2.98. The van der Waals surface area contributed by atoms with E-state index in [1.54, 1.807) is 0 Å². The molecule has 1 saturated carbocycles. The van der Waals surface area contributed by atoms with Crippen molar-refractivity contribution in [2.24, 2.45) is 0 Å². The first kappa shape index (κ1) is 13.2. The average Bonchev–Trinajstić information content (AvgIpc) is 2.20. The molecule has 0 aromatic rings. The van der Waals surface area contributed by atoms with Crippen LogP contribution in [0.4, 0.5) is 4.79 Å². The molecule has 0 heterocycles. The summed E-state index contributed by atoms with van der Waals surface area (Å²) in [6.45, 7) is 1.98. The normalized spacial score (nSPS) is 17.2. The third kappa shape index (κ3) is 3.90. The predicted molar refractivity (Wildman–Crippen MR) is 60.3 cm³/mol. The largest absolute Gasteiger partial charge is 0.478 e. The van der Waals surface area contributed by atoms with Crippen LogP contribution in [0.5, 0.6) is 0 Å². The van der Waals surface area contributed by atoms with Gasteiger partial charge < -0.3 is 10.4 Å². The number of carbonyl (C=O) groups excluding carboxylic acids is 2. The summed E-state index contributed by atoms with van der Waals surface area (Å²) in [5, 5.41) is 13.1. The van der Waals surface area contributed by atoms with Gasteiger partial charge in [-0.15, -0.1) is 0 Å². The number of hydrogen-bond acceptors (Lipinski definition) is 3. The lowest BCUT2D eigenvalue weighted by Gasteiger charge is -2.41. The molecule has 1 aliphatic rings. The minimum absolute atomic E-state index is 0.194. The number of imide groups is 1. The van der Waals surface area contributed by atoms with Crippen molar-refractivity contribution in [2.75, 3.05) is 0 Å². The van der Waals surface area contributed by atoms with E-state index < -0.39 is 17.9 Å². The van der Waals surface area contributed by atoms with Crippen molar-refractivity contribution >= 4 is 17.9 Å². The molecule has 0 atom stereocenters. The van der Waals surface area contributed by atoms with E-state index in [2.05, 4.69) is 10.6 Å². The van der Waals surface area contributed by atoms with Crippen molar-refractivity contribution in [1.29, 1.82) is 0 Å². The Balaban J connectivity index is 2.39. The fourth-order valence-corrected chi connectivity index (χ4v) is 1.74.